The first-order chi connectivity index (χ1) is 15.3. The topological polar surface area (TPSA) is 51.3 Å². The molecular formula is C29H37N3. The first-order valence-corrected chi connectivity index (χ1v) is 11.8. The van der Waals surface area contributed by atoms with Crippen LogP contribution in [0.2, 0.25) is 0 Å². The van der Waals surface area contributed by atoms with Gasteiger partial charge in [0, 0.05) is 29.2 Å². The number of benzene rings is 1. The summed E-state index contributed by atoms with van der Waals surface area (Å²) in [4.78, 5) is 9.66. The smallest absolute Gasteiger partial charge is 0.0863 e. The quantitative estimate of drug-likeness (QED) is 0.407. The van der Waals surface area contributed by atoms with E-state index in [-0.39, 0.29) is 5.54 Å². The maximum atomic E-state index is 6.05. The van der Waals surface area contributed by atoms with Crippen molar-refractivity contribution in [1.29, 1.82) is 0 Å². The van der Waals surface area contributed by atoms with Gasteiger partial charge in [-0.25, -0.2) is 0 Å². The van der Waals surface area contributed by atoms with E-state index in [0.717, 1.165) is 28.3 Å². The van der Waals surface area contributed by atoms with Crippen molar-refractivity contribution in [2.75, 3.05) is 0 Å². The van der Waals surface area contributed by atoms with Crippen LogP contribution < -0.4 is 5.73 Å². The summed E-state index contributed by atoms with van der Waals surface area (Å²) in [6.45, 7) is 14.6. The molecule has 3 rings (SSSR count). The third-order valence-electron chi connectivity index (χ3n) is 7.21. The summed E-state index contributed by atoms with van der Waals surface area (Å²) in [6, 6.07) is 8.79. The second-order valence-corrected chi connectivity index (χ2v) is 9.36. The van der Waals surface area contributed by atoms with E-state index in [0.29, 0.717) is 11.6 Å². The number of hydrogen-bond acceptors (Lipinski definition) is 3. The van der Waals surface area contributed by atoms with Crippen LogP contribution >= 0.6 is 0 Å². The highest BCUT2D eigenvalue weighted by atomic mass is 14.9. The lowest BCUT2D eigenvalue weighted by Crippen LogP contribution is -2.35. The van der Waals surface area contributed by atoms with Crippen molar-refractivity contribution in [1.82, 2.24) is 4.98 Å². The van der Waals surface area contributed by atoms with E-state index in [9.17, 15) is 0 Å². The van der Waals surface area contributed by atoms with Crippen molar-refractivity contribution in [2.45, 2.75) is 72.3 Å². The summed E-state index contributed by atoms with van der Waals surface area (Å²) in [7, 11) is 0. The molecule has 1 aliphatic carbocycles. The molecule has 1 aliphatic rings. The lowest BCUT2D eigenvalue weighted by atomic mass is 9.68. The molecule has 1 fully saturated rings. The third-order valence-corrected chi connectivity index (χ3v) is 7.21. The number of aromatic nitrogens is 1. The molecular weight excluding hydrogens is 390 g/mol. The average molecular weight is 428 g/mol. The van der Waals surface area contributed by atoms with E-state index in [1.54, 1.807) is 0 Å². The largest absolute Gasteiger partial charge is 0.398 e. The molecule has 1 atom stereocenters. The van der Waals surface area contributed by atoms with Crippen LogP contribution in [0.3, 0.4) is 0 Å². The standard InChI is InChI=1S/C29H37N3/c1-7-9-24-16-26(19-31-18-24)25-13-10-20(3)28(17-25)29(6,32-22(5)21(4)30)27-14-11-23(8-2)12-15-27/h10,13,16-19,23,27H,4,8,11-12,14-15,30H2,1-3,5-6H3. The highest BCUT2D eigenvalue weighted by Gasteiger charge is 2.39. The van der Waals surface area contributed by atoms with Crippen LogP contribution in [0.1, 0.15) is 76.5 Å². The molecule has 3 nitrogen and oxygen atoms in total. The van der Waals surface area contributed by atoms with Crippen molar-refractivity contribution < 1.29 is 0 Å². The van der Waals surface area contributed by atoms with Crippen LogP contribution in [0.5, 0.6) is 0 Å². The number of pyridine rings is 1. The van der Waals surface area contributed by atoms with E-state index in [1.807, 2.05) is 26.2 Å². The van der Waals surface area contributed by atoms with Crippen molar-refractivity contribution in [3.63, 3.8) is 0 Å². The van der Waals surface area contributed by atoms with Crippen molar-refractivity contribution >= 4 is 5.71 Å². The molecule has 1 aromatic carbocycles. The highest BCUT2D eigenvalue weighted by Crippen LogP contribution is 2.46. The Kier molecular flexibility index (Phi) is 7.56. The molecule has 0 saturated heterocycles. The lowest BCUT2D eigenvalue weighted by Gasteiger charge is -2.41. The Morgan fingerprint density at radius 1 is 1.19 bits per heavy atom. The Balaban J connectivity index is 2.11. The fourth-order valence-electron chi connectivity index (χ4n) is 5.08. The maximum Gasteiger partial charge on any atom is 0.0863 e. The third kappa shape index (κ3) is 5.13. The zero-order chi connectivity index (χ0) is 23.3. The molecule has 0 aliphatic heterocycles. The minimum Gasteiger partial charge on any atom is -0.398 e. The molecule has 1 unspecified atom stereocenters. The zero-order valence-electron chi connectivity index (χ0n) is 20.3. The second-order valence-electron chi connectivity index (χ2n) is 9.36. The molecule has 0 bridgehead atoms. The van der Waals surface area contributed by atoms with Crippen LogP contribution in [0.25, 0.3) is 11.1 Å². The number of nitrogens with zero attached hydrogens (tertiary/aromatic N) is 2. The number of hydrogen-bond donors (Lipinski definition) is 1. The Morgan fingerprint density at radius 3 is 2.53 bits per heavy atom. The van der Waals surface area contributed by atoms with Gasteiger partial charge in [-0.2, -0.15) is 0 Å². The number of allylic oxidation sites excluding steroid dienone is 1. The Labute approximate surface area is 194 Å². The summed E-state index contributed by atoms with van der Waals surface area (Å²) >= 11 is 0. The number of nitrogens with two attached hydrogens (primary N) is 1. The summed E-state index contributed by atoms with van der Waals surface area (Å²) in [5.74, 6) is 7.39. The van der Waals surface area contributed by atoms with Crippen molar-refractivity contribution in [3.8, 4) is 23.0 Å². The van der Waals surface area contributed by atoms with E-state index in [2.05, 4.69) is 68.4 Å². The Morgan fingerprint density at radius 2 is 1.91 bits per heavy atom. The van der Waals surface area contributed by atoms with Gasteiger partial charge in [0.1, 0.15) is 0 Å². The molecule has 2 N–H and O–H groups in total. The van der Waals surface area contributed by atoms with E-state index in [4.69, 9.17) is 10.7 Å². The molecule has 3 heteroatoms. The second kappa shape index (κ2) is 10.2. The van der Waals surface area contributed by atoms with Crippen LogP contribution in [-0.4, -0.2) is 10.7 Å². The average Bonchev–Trinajstić information content (AvgIpc) is 2.79. The van der Waals surface area contributed by atoms with Crippen LogP contribution in [0.15, 0.2) is 53.9 Å². The lowest BCUT2D eigenvalue weighted by molar-refractivity contribution is 0.184. The monoisotopic (exact) mass is 427 g/mol. The van der Waals surface area contributed by atoms with Crippen LogP contribution in [0.4, 0.5) is 0 Å². The van der Waals surface area contributed by atoms with Gasteiger partial charge in [-0.15, -0.1) is 5.92 Å². The van der Waals surface area contributed by atoms with Crippen LogP contribution in [0, 0.1) is 30.6 Å². The number of aryl methyl sites for hydroxylation is 1. The Bertz CT molecular complexity index is 1060. The van der Waals surface area contributed by atoms with E-state index < -0.39 is 0 Å². The molecule has 0 amide bonds. The molecule has 1 aromatic heterocycles. The fraction of sp³-hybridized carbons (Fsp3) is 0.448. The van der Waals surface area contributed by atoms with Gasteiger partial charge in [-0.1, -0.05) is 50.8 Å². The molecule has 0 spiro atoms. The fourth-order valence-corrected chi connectivity index (χ4v) is 5.08. The van der Waals surface area contributed by atoms with Gasteiger partial charge >= 0.3 is 0 Å². The maximum absolute atomic E-state index is 6.05. The molecule has 1 heterocycles. The van der Waals surface area contributed by atoms with E-state index >= 15 is 0 Å². The van der Waals surface area contributed by atoms with Gasteiger partial charge in [-0.3, -0.25) is 9.98 Å². The number of aliphatic imine (C=N–C) groups is 1. The normalized spacial score (nSPS) is 20.7. The summed E-state index contributed by atoms with van der Waals surface area (Å²) in [5, 5.41) is 0. The van der Waals surface area contributed by atoms with Crippen LogP contribution in [-0.2, 0) is 5.54 Å². The van der Waals surface area contributed by atoms with Gasteiger partial charge in [0.2, 0.25) is 0 Å². The van der Waals surface area contributed by atoms with Crippen molar-refractivity contribution in [2.24, 2.45) is 22.6 Å². The van der Waals surface area contributed by atoms with Crippen molar-refractivity contribution in [3.05, 3.63) is 65.6 Å². The predicted molar refractivity (Wildman–Crippen MR) is 136 cm³/mol. The van der Waals surface area contributed by atoms with Gasteiger partial charge in [0.05, 0.1) is 11.3 Å². The van der Waals surface area contributed by atoms with E-state index in [1.165, 1.54) is 43.2 Å². The molecule has 32 heavy (non-hydrogen) atoms. The first kappa shape index (κ1) is 23.8. The summed E-state index contributed by atoms with van der Waals surface area (Å²) in [6.07, 6.45) is 9.92. The minimum atomic E-state index is -0.348. The number of rotatable bonds is 6. The predicted octanol–water partition coefficient (Wildman–Crippen LogP) is 6.79. The zero-order valence-corrected chi connectivity index (χ0v) is 20.3. The minimum absolute atomic E-state index is 0.348. The summed E-state index contributed by atoms with van der Waals surface area (Å²) < 4.78 is 0. The molecule has 0 radical (unpaired) electrons. The SMILES string of the molecule is C=C(N)C(C)=NC(C)(c1cc(-c2cncc(C#CC)c2)ccc1C)C1CCC(CC)CC1. The molecule has 168 valence electrons. The van der Waals surface area contributed by atoms with Gasteiger partial charge in [0.25, 0.3) is 0 Å². The molecule has 1 saturated carbocycles. The first-order valence-electron chi connectivity index (χ1n) is 11.8. The van der Waals surface area contributed by atoms with Gasteiger partial charge in [0.15, 0.2) is 0 Å². The molecule has 2 aromatic rings. The van der Waals surface area contributed by atoms with Gasteiger partial charge in [-0.05, 0) is 81.2 Å². The summed E-state index contributed by atoms with van der Waals surface area (Å²) in [5.41, 5.74) is 12.8. The highest BCUT2D eigenvalue weighted by molar-refractivity contribution is 5.97. The Hall–Kier alpha value is -2.86. The van der Waals surface area contributed by atoms with Gasteiger partial charge < -0.3 is 5.73 Å².